The standard InChI is InChI=1S/C9H10N4S/c1-5-3-4-7(10-6(5)2)8-11-9(14)13-12-8/h3-4H,1-2H3,(H2,11,12,13,14). The van der Waals surface area contributed by atoms with E-state index in [1.165, 1.54) is 5.56 Å². The molecule has 0 atom stereocenters. The molecule has 2 heterocycles. The van der Waals surface area contributed by atoms with E-state index in [1.54, 1.807) is 0 Å². The molecule has 0 radical (unpaired) electrons. The number of H-pyrrole nitrogens is 2. The first-order valence-corrected chi connectivity index (χ1v) is 4.67. The Morgan fingerprint density at radius 3 is 2.50 bits per heavy atom. The normalized spacial score (nSPS) is 10.4. The highest BCUT2D eigenvalue weighted by atomic mass is 32.1. The third-order valence-corrected chi connectivity index (χ3v) is 2.29. The van der Waals surface area contributed by atoms with Gasteiger partial charge in [0.25, 0.3) is 0 Å². The summed E-state index contributed by atoms with van der Waals surface area (Å²) in [6, 6.07) is 3.94. The van der Waals surface area contributed by atoms with Gasteiger partial charge in [0.1, 0.15) is 5.69 Å². The molecule has 2 rings (SSSR count). The van der Waals surface area contributed by atoms with Crippen LogP contribution in [0.3, 0.4) is 0 Å². The Kier molecular flexibility index (Phi) is 2.17. The lowest BCUT2D eigenvalue weighted by Crippen LogP contribution is -1.91. The van der Waals surface area contributed by atoms with Crippen LogP contribution in [0, 0.1) is 18.6 Å². The van der Waals surface area contributed by atoms with Crippen LogP contribution in [0.1, 0.15) is 11.3 Å². The van der Waals surface area contributed by atoms with Crippen LogP contribution >= 0.6 is 12.2 Å². The minimum atomic E-state index is 0.444. The number of pyridine rings is 1. The second kappa shape index (κ2) is 3.34. The number of hydrogen-bond acceptors (Lipinski definition) is 3. The molecule has 4 nitrogen and oxygen atoms in total. The SMILES string of the molecule is Cc1ccc(-c2nc(=S)[nH][nH]2)nc1C. The van der Waals surface area contributed by atoms with Crippen LogP contribution in [0.25, 0.3) is 11.5 Å². The van der Waals surface area contributed by atoms with E-state index in [4.69, 9.17) is 12.2 Å². The highest BCUT2D eigenvalue weighted by Gasteiger charge is 2.03. The lowest BCUT2D eigenvalue weighted by atomic mass is 10.2. The van der Waals surface area contributed by atoms with Crippen molar-refractivity contribution in [3.05, 3.63) is 28.2 Å². The second-order valence-electron chi connectivity index (χ2n) is 3.11. The summed E-state index contributed by atoms with van der Waals surface area (Å²) in [6.07, 6.45) is 0. The Balaban J connectivity index is 2.52. The lowest BCUT2D eigenvalue weighted by molar-refractivity contribution is 1.06. The molecule has 0 bridgehead atoms. The third-order valence-electron chi connectivity index (χ3n) is 2.09. The van der Waals surface area contributed by atoms with E-state index in [2.05, 4.69) is 20.2 Å². The summed E-state index contributed by atoms with van der Waals surface area (Å²) in [4.78, 5) is 8.49. The van der Waals surface area contributed by atoms with Crippen LogP contribution in [-0.4, -0.2) is 20.2 Å². The Morgan fingerprint density at radius 1 is 1.14 bits per heavy atom. The van der Waals surface area contributed by atoms with Gasteiger partial charge in [-0.2, -0.15) is 4.98 Å². The van der Waals surface area contributed by atoms with E-state index in [0.29, 0.717) is 10.6 Å². The van der Waals surface area contributed by atoms with Crippen LogP contribution in [-0.2, 0) is 0 Å². The largest absolute Gasteiger partial charge is 0.280 e. The molecule has 0 aliphatic heterocycles. The van der Waals surface area contributed by atoms with Crippen molar-refractivity contribution in [2.24, 2.45) is 0 Å². The summed E-state index contributed by atoms with van der Waals surface area (Å²) < 4.78 is 0.444. The molecule has 72 valence electrons. The van der Waals surface area contributed by atoms with E-state index in [1.807, 2.05) is 26.0 Å². The van der Waals surface area contributed by atoms with Crippen LogP contribution in [0.2, 0.25) is 0 Å². The predicted molar refractivity (Wildman–Crippen MR) is 56.5 cm³/mol. The van der Waals surface area contributed by atoms with Gasteiger partial charge in [-0.05, 0) is 37.7 Å². The minimum absolute atomic E-state index is 0.444. The molecule has 0 aliphatic rings. The van der Waals surface area contributed by atoms with E-state index in [0.717, 1.165) is 11.4 Å². The highest BCUT2D eigenvalue weighted by Crippen LogP contribution is 2.13. The van der Waals surface area contributed by atoms with E-state index in [9.17, 15) is 0 Å². The zero-order chi connectivity index (χ0) is 10.1. The molecule has 0 saturated heterocycles. The molecule has 0 aromatic carbocycles. The van der Waals surface area contributed by atoms with Crippen LogP contribution in [0.15, 0.2) is 12.1 Å². The van der Waals surface area contributed by atoms with E-state index < -0.39 is 0 Å². The van der Waals surface area contributed by atoms with Gasteiger partial charge in [-0.3, -0.25) is 10.2 Å². The van der Waals surface area contributed by atoms with Crippen molar-refractivity contribution in [2.45, 2.75) is 13.8 Å². The van der Waals surface area contributed by atoms with E-state index >= 15 is 0 Å². The topological polar surface area (TPSA) is 57.4 Å². The first kappa shape index (κ1) is 9.08. The van der Waals surface area contributed by atoms with E-state index in [-0.39, 0.29) is 0 Å². The predicted octanol–water partition coefficient (Wildman–Crippen LogP) is 2.15. The Labute approximate surface area is 86.4 Å². The van der Waals surface area contributed by atoms with Crippen molar-refractivity contribution in [2.75, 3.05) is 0 Å². The fraction of sp³-hybridized carbons (Fsp3) is 0.222. The smallest absolute Gasteiger partial charge is 0.213 e. The summed E-state index contributed by atoms with van der Waals surface area (Å²) >= 11 is 4.87. The van der Waals surface area contributed by atoms with Gasteiger partial charge in [-0.25, -0.2) is 4.98 Å². The van der Waals surface area contributed by atoms with Crippen LogP contribution in [0.5, 0.6) is 0 Å². The van der Waals surface area contributed by atoms with Gasteiger partial charge in [-0.15, -0.1) is 0 Å². The minimum Gasteiger partial charge on any atom is -0.280 e. The summed E-state index contributed by atoms with van der Waals surface area (Å²) in [5, 5.41) is 5.61. The number of rotatable bonds is 1. The third kappa shape index (κ3) is 1.58. The van der Waals surface area contributed by atoms with Gasteiger partial charge >= 0.3 is 0 Å². The molecule has 2 aromatic rings. The maximum Gasteiger partial charge on any atom is 0.213 e. The summed E-state index contributed by atoms with van der Waals surface area (Å²) in [7, 11) is 0. The Bertz CT molecular complexity index is 512. The highest BCUT2D eigenvalue weighted by molar-refractivity contribution is 7.71. The van der Waals surface area contributed by atoms with Crippen molar-refractivity contribution < 1.29 is 0 Å². The second-order valence-corrected chi connectivity index (χ2v) is 3.50. The first-order valence-electron chi connectivity index (χ1n) is 4.26. The van der Waals surface area contributed by atoms with Crippen LogP contribution in [0.4, 0.5) is 0 Å². The molecule has 5 heteroatoms. The van der Waals surface area contributed by atoms with Crippen molar-refractivity contribution in [3.8, 4) is 11.5 Å². The molecule has 2 N–H and O–H groups in total. The molecule has 0 spiro atoms. The molecule has 0 fully saturated rings. The van der Waals surface area contributed by atoms with Gasteiger partial charge < -0.3 is 0 Å². The van der Waals surface area contributed by atoms with Crippen LogP contribution < -0.4 is 0 Å². The van der Waals surface area contributed by atoms with Gasteiger partial charge in [0.15, 0.2) is 5.82 Å². The van der Waals surface area contributed by atoms with Crippen molar-refractivity contribution in [1.82, 2.24) is 20.2 Å². The number of nitrogens with zero attached hydrogens (tertiary/aromatic N) is 2. The van der Waals surface area contributed by atoms with Crippen molar-refractivity contribution in [3.63, 3.8) is 0 Å². The fourth-order valence-corrected chi connectivity index (χ4v) is 1.30. The van der Waals surface area contributed by atoms with Gasteiger partial charge in [-0.1, -0.05) is 6.07 Å². The maximum atomic E-state index is 4.87. The quantitative estimate of drug-likeness (QED) is 0.703. The zero-order valence-electron chi connectivity index (χ0n) is 7.96. The number of aromatic nitrogens is 4. The summed E-state index contributed by atoms with van der Waals surface area (Å²) in [5.74, 6) is 0.679. The molecular formula is C9H10N4S. The Hall–Kier alpha value is -1.49. The first-order chi connectivity index (χ1) is 6.66. The zero-order valence-corrected chi connectivity index (χ0v) is 8.77. The average molecular weight is 206 g/mol. The average Bonchev–Trinajstić information content (AvgIpc) is 2.57. The molecule has 0 amide bonds. The van der Waals surface area contributed by atoms with Gasteiger partial charge in [0, 0.05) is 5.69 Å². The lowest BCUT2D eigenvalue weighted by Gasteiger charge is -2.00. The van der Waals surface area contributed by atoms with Gasteiger partial charge in [0.2, 0.25) is 4.77 Å². The number of nitrogens with one attached hydrogen (secondary N) is 2. The monoisotopic (exact) mass is 206 g/mol. The molecule has 0 aliphatic carbocycles. The fourth-order valence-electron chi connectivity index (χ4n) is 1.15. The summed E-state index contributed by atoms with van der Waals surface area (Å²) in [6.45, 7) is 4.00. The van der Waals surface area contributed by atoms with Gasteiger partial charge in [0.05, 0.1) is 0 Å². The number of aromatic amines is 2. The molecule has 14 heavy (non-hydrogen) atoms. The Morgan fingerprint density at radius 2 is 1.93 bits per heavy atom. The molecule has 0 saturated carbocycles. The maximum absolute atomic E-state index is 4.87. The number of aryl methyl sites for hydroxylation is 2. The number of hydrogen-bond donors (Lipinski definition) is 2. The van der Waals surface area contributed by atoms with Crippen molar-refractivity contribution in [1.29, 1.82) is 0 Å². The summed E-state index contributed by atoms with van der Waals surface area (Å²) in [5.41, 5.74) is 2.98. The molecule has 0 unspecified atom stereocenters. The van der Waals surface area contributed by atoms with Crippen molar-refractivity contribution >= 4 is 12.2 Å². The molecular weight excluding hydrogens is 196 g/mol. The molecule has 2 aromatic heterocycles.